The summed E-state index contributed by atoms with van der Waals surface area (Å²) in [5.74, 6) is 0.0202. The van der Waals surface area contributed by atoms with Crippen LogP contribution in [0, 0.1) is 11.3 Å². The van der Waals surface area contributed by atoms with Crippen LogP contribution in [0.2, 0.25) is 0 Å². The van der Waals surface area contributed by atoms with Gasteiger partial charge in [0.05, 0.1) is 24.2 Å². The number of pyridine rings is 1. The molecule has 15 heavy (non-hydrogen) atoms. The van der Waals surface area contributed by atoms with Crippen molar-refractivity contribution in [3.63, 3.8) is 0 Å². The van der Waals surface area contributed by atoms with Gasteiger partial charge in [-0.15, -0.1) is 11.6 Å². The van der Waals surface area contributed by atoms with Gasteiger partial charge in [-0.2, -0.15) is 5.26 Å². The molecule has 0 spiro atoms. The molecule has 0 aromatic carbocycles. The van der Waals surface area contributed by atoms with Crippen molar-refractivity contribution in [2.45, 2.75) is 12.3 Å². The van der Waals surface area contributed by atoms with Gasteiger partial charge in [0, 0.05) is 6.20 Å². The number of nitrogens with zero attached hydrogens (tertiary/aromatic N) is 2. The minimum absolute atomic E-state index is 0.00136. The molecule has 1 aromatic heterocycles. The highest BCUT2D eigenvalue weighted by Crippen LogP contribution is 2.31. The number of hydrogen-bond donors (Lipinski definition) is 0. The summed E-state index contributed by atoms with van der Waals surface area (Å²) >= 11 is 5.53. The van der Waals surface area contributed by atoms with Crippen LogP contribution in [0.5, 0.6) is 5.75 Å². The lowest BCUT2D eigenvalue weighted by atomic mass is 10.1. The fraction of sp³-hybridized carbons (Fsp3) is 0.333. The first-order valence-electron chi connectivity index (χ1n) is 3.95. The van der Waals surface area contributed by atoms with Crippen LogP contribution in [-0.4, -0.2) is 12.1 Å². The largest absolute Gasteiger partial charge is 0.493 e. The molecule has 0 aliphatic rings. The molecule has 0 aliphatic heterocycles. The van der Waals surface area contributed by atoms with Gasteiger partial charge in [0.2, 0.25) is 0 Å². The number of nitriles is 1. The van der Waals surface area contributed by atoms with E-state index in [4.69, 9.17) is 21.6 Å². The Morgan fingerprint density at radius 2 is 2.33 bits per heavy atom. The molecule has 0 bridgehead atoms. The van der Waals surface area contributed by atoms with Crippen molar-refractivity contribution in [1.29, 1.82) is 5.26 Å². The third-order valence-electron chi connectivity index (χ3n) is 1.81. The number of hydrogen-bond acceptors (Lipinski definition) is 3. The van der Waals surface area contributed by atoms with Crippen molar-refractivity contribution in [1.82, 2.24) is 4.98 Å². The van der Waals surface area contributed by atoms with Gasteiger partial charge >= 0.3 is 0 Å². The molecule has 0 amide bonds. The fourth-order valence-electron chi connectivity index (χ4n) is 1.14. The number of aromatic nitrogens is 1. The summed E-state index contributed by atoms with van der Waals surface area (Å²) in [4.78, 5) is 3.71. The maximum Gasteiger partial charge on any atom is 0.266 e. The summed E-state index contributed by atoms with van der Waals surface area (Å²) in [6.45, 7) is 0. The van der Waals surface area contributed by atoms with Gasteiger partial charge in [-0.05, 0) is 0 Å². The second-order valence-corrected chi connectivity index (χ2v) is 2.88. The molecule has 0 unspecified atom stereocenters. The maximum absolute atomic E-state index is 12.5. The Morgan fingerprint density at radius 3 is 2.73 bits per heavy atom. The zero-order chi connectivity index (χ0) is 11.4. The normalized spacial score (nSPS) is 10.1. The van der Waals surface area contributed by atoms with Crippen LogP contribution in [0.4, 0.5) is 8.78 Å². The second kappa shape index (κ2) is 4.89. The van der Waals surface area contributed by atoms with Crippen LogP contribution in [0.3, 0.4) is 0 Å². The molecule has 1 rings (SSSR count). The summed E-state index contributed by atoms with van der Waals surface area (Å²) in [7, 11) is 1.28. The van der Waals surface area contributed by atoms with Crippen molar-refractivity contribution in [3.8, 4) is 11.8 Å². The van der Waals surface area contributed by atoms with E-state index in [1.165, 1.54) is 7.11 Å². The Kier molecular flexibility index (Phi) is 3.81. The Hall–Kier alpha value is -1.41. The van der Waals surface area contributed by atoms with Gasteiger partial charge in [-0.3, -0.25) is 4.98 Å². The third kappa shape index (κ3) is 2.16. The van der Waals surface area contributed by atoms with E-state index in [0.717, 1.165) is 6.20 Å². The summed E-state index contributed by atoms with van der Waals surface area (Å²) in [5.41, 5.74) is -0.374. The molecule has 0 saturated carbocycles. The standard InChI is InChI=1S/C9H7ClF2N2O/c1-15-8-5(3-13)6(9(11)12)4-14-7(8)2-10/h4,9H,2H2,1H3. The molecule has 1 aromatic rings. The first-order valence-corrected chi connectivity index (χ1v) is 4.49. The topological polar surface area (TPSA) is 45.9 Å². The lowest BCUT2D eigenvalue weighted by Crippen LogP contribution is -2.01. The average Bonchev–Trinajstić information content (AvgIpc) is 2.26. The van der Waals surface area contributed by atoms with Crippen molar-refractivity contribution in [2.75, 3.05) is 7.11 Å². The van der Waals surface area contributed by atoms with E-state index in [9.17, 15) is 8.78 Å². The monoisotopic (exact) mass is 232 g/mol. The van der Waals surface area contributed by atoms with Gasteiger partial charge in [0.25, 0.3) is 6.43 Å². The predicted molar refractivity (Wildman–Crippen MR) is 50.0 cm³/mol. The van der Waals surface area contributed by atoms with Crippen LogP contribution in [-0.2, 0) is 5.88 Å². The Balaban J connectivity index is 3.43. The zero-order valence-electron chi connectivity index (χ0n) is 7.80. The molecule has 0 fully saturated rings. The van der Waals surface area contributed by atoms with Gasteiger partial charge < -0.3 is 4.74 Å². The van der Waals surface area contributed by atoms with Gasteiger partial charge in [0.15, 0.2) is 5.75 Å². The number of methoxy groups -OCH3 is 1. The Bertz CT molecular complexity index is 404. The second-order valence-electron chi connectivity index (χ2n) is 2.61. The Labute approximate surface area is 90.3 Å². The number of rotatable bonds is 3. The molecule has 6 heteroatoms. The van der Waals surface area contributed by atoms with E-state index in [2.05, 4.69) is 4.98 Å². The van der Waals surface area contributed by atoms with Crippen molar-refractivity contribution < 1.29 is 13.5 Å². The zero-order valence-corrected chi connectivity index (χ0v) is 8.55. The number of ether oxygens (including phenoxy) is 1. The highest BCUT2D eigenvalue weighted by atomic mass is 35.5. The Morgan fingerprint density at radius 1 is 1.67 bits per heavy atom. The van der Waals surface area contributed by atoms with Crippen molar-refractivity contribution in [2.24, 2.45) is 0 Å². The lowest BCUT2D eigenvalue weighted by molar-refractivity contribution is 0.150. The van der Waals surface area contributed by atoms with Crippen molar-refractivity contribution in [3.05, 3.63) is 23.0 Å². The quantitative estimate of drug-likeness (QED) is 0.753. The fourth-order valence-corrected chi connectivity index (χ4v) is 1.33. The minimum Gasteiger partial charge on any atom is -0.493 e. The van der Waals surface area contributed by atoms with Gasteiger partial charge in [-0.25, -0.2) is 8.78 Å². The van der Waals surface area contributed by atoms with Crippen LogP contribution in [0.15, 0.2) is 6.20 Å². The van der Waals surface area contributed by atoms with E-state index in [1.54, 1.807) is 6.07 Å². The molecule has 0 N–H and O–H groups in total. The molecule has 1 heterocycles. The molecule has 80 valence electrons. The van der Waals surface area contributed by atoms with Gasteiger partial charge in [0.1, 0.15) is 11.6 Å². The highest BCUT2D eigenvalue weighted by Gasteiger charge is 2.20. The van der Waals surface area contributed by atoms with Crippen LogP contribution in [0.1, 0.15) is 23.2 Å². The lowest BCUT2D eigenvalue weighted by Gasteiger charge is -2.10. The minimum atomic E-state index is -2.76. The average molecular weight is 233 g/mol. The number of halogens is 3. The summed E-state index contributed by atoms with van der Waals surface area (Å²) < 4.78 is 29.8. The predicted octanol–water partition coefficient (Wildman–Crippen LogP) is 2.64. The van der Waals surface area contributed by atoms with E-state index in [-0.39, 0.29) is 22.9 Å². The van der Waals surface area contributed by atoms with E-state index in [1.807, 2.05) is 0 Å². The molecule has 0 radical (unpaired) electrons. The summed E-state index contributed by atoms with van der Waals surface area (Å²) in [5, 5.41) is 8.77. The van der Waals surface area contributed by atoms with Crippen LogP contribution in [0.25, 0.3) is 0 Å². The van der Waals surface area contributed by atoms with E-state index >= 15 is 0 Å². The first kappa shape index (κ1) is 11.7. The van der Waals surface area contributed by atoms with E-state index in [0.29, 0.717) is 0 Å². The van der Waals surface area contributed by atoms with Crippen LogP contribution >= 0.6 is 11.6 Å². The van der Waals surface area contributed by atoms with Crippen LogP contribution < -0.4 is 4.74 Å². The maximum atomic E-state index is 12.5. The summed E-state index contributed by atoms with van der Waals surface area (Å²) in [6.07, 6.45) is -1.81. The highest BCUT2D eigenvalue weighted by molar-refractivity contribution is 6.17. The number of alkyl halides is 3. The summed E-state index contributed by atoms with van der Waals surface area (Å²) in [6, 6.07) is 1.67. The molecule has 0 saturated heterocycles. The van der Waals surface area contributed by atoms with Crippen molar-refractivity contribution >= 4 is 11.6 Å². The van der Waals surface area contributed by atoms with Gasteiger partial charge in [-0.1, -0.05) is 0 Å². The molecule has 0 aliphatic carbocycles. The first-order chi connectivity index (χ1) is 7.15. The molecular weight excluding hydrogens is 226 g/mol. The smallest absolute Gasteiger partial charge is 0.266 e. The third-order valence-corrected chi connectivity index (χ3v) is 2.07. The molecule has 0 atom stereocenters. The van der Waals surface area contributed by atoms with E-state index < -0.39 is 12.0 Å². The SMILES string of the molecule is COc1c(CCl)ncc(C(F)F)c1C#N. The molecular formula is C9H7ClF2N2O. The molecule has 3 nitrogen and oxygen atoms in total.